The third-order valence-corrected chi connectivity index (χ3v) is 4.37. The first-order chi connectivity index (χ1) is 11.2. The Balaban J connectivity index is 2.18. The van der Waals surface area contributed by atoms with Crippen LogP contribution in [-0.4, -0.2) is 27.8 Å². The maximum atomic E-state index is 13.2. The Morgan fingerprint density at radius 1 is 1.33 bits per heavy atom. The van der Waals surface area contributed by atoms with Crippen molar-refractivity contribution < 1.29 is 22.8 Å². The molecule has 1 aliphatic heterocycles. The second-order valence-corrected chi connectivity index (χ2v) is 6.02. The number of nitrogens with one attached hydrogen (secondary N) is 1. The van der Waals surface area contributed by atoms with Crippen molar-refractivity contribution in [1.82, 2.24) is 15.1 Å². The number of piperidine rings is 1. The Hall–Kier alpha value is -2.38. The van der Waals surface area contributed by atoms with Gasteiger partial charge in [0.15, 0.2) is 0 Å². The van der Waals surface area contributed by atoms with E-state index < -0.39 is 24.0 Å². The topological polar surface area (TPSA) is 64.0 Å². The van der Waals surface area contributed by atoms with Crippen molar-refractivity contribution in [3.63, 3.8) is 0 Å². The van der Waals surface area contributed by atoms with Gasteiger partial charge in [-0.3, -0.25) is 19.6 Å². The molecule has 1 aliphatic rings. The number of imide groups is 1. The number of hydrogen-bond donors (Lipinski definition) is 1. The fourth-order valence-corrected chi connectivity index (χ4v) is 3.02. The van der Waals surface area contributed by atoms with Crippen LogP contribution in [0.15, 0.2) is 18.2 Å². The number of aromatic nitrogens is 2. The van der Waals surface area contributed by atoms with Crippen LogP contribution >= 0.6 is 0 Å². The molecular formula is C16H16F3N3O2. The van der Waals surface area contributed by atoms with E-state index in [1.165, 1.54) is 0 Å². The molecule has 2 unspecified atom stereocenters. The lowest BCUT2D eigenvalue weighted by Gasteiger charge is -2.20. The summed E-state index contributed by atoms with van der Waals surface area (Å²) in [6.07, 6.45) is -4.07. The minimum absolute atomic E-state index is 0.144. The van der Waals surface area contributed by atoms with E-state index in [1.54, 1.807) is 25.1 Å². The SMILES string of the molecule is Cc1cccc2c(C3CCC(=O)NC3=O)nn(C(C)C(F)(F)F)c12. The van der Waals surface area contributed by atoms with Crippen LogP contribution in [0, 0.1) is 6.92 Å². The fourth-order valence-electron chi connectivity index (χ4n) is 3.02. The number of aryl methyl sites for hydroxylation is 1. The number of halogens is 3. The summed E-state index contributed by atoms with van der Waals surface area (Å²) in [4.78, 5) is 23.4. The third-order valence-electron chi connectivity index (χ3n) is 4.37. The molecule has 0 saturated carbocycles. The molecule has 1 aromatic carbocycles. The van der Waals surface area contributed by atoms with Gasteiger partial charge in [0.2, 0.25) is 11.8 Å². The Labute approximate surface area is 135 Å². The molecule has 0 radical (unpaired) electrons. The van der Waals surface area contributed by atoms with Gasteiger partial charge in [-0.15, -0.1) is 0 Å². The lowest BCUT2D eigenvalue weighted by molar-refractivity contribution is -0.164. The molecule has 1 saturated heterocycles. The summed E-state index contributed by atoms with van der Waals surface area (Å²) in [7, 11) is 0. The van der Waals surface area contributed by atoms with E-state index in [0.717, 1.165) is 11.6 Å². The number of alkyl halides is 3. The minimum atomic E-state index is -4.46. The van der Waals surface area contributed by atoms with Gasteiger partial charge in [-0.2, -0.15) is 18.3 Å². The van der Waals surface area contributed by atoms with Crippen LogP contribution < -0.4 is 5.32 Å². The fraction of sp³-hybridized carbons (Fsp3) is 0.438. The average molecular weight is 339 g/mol. The normalized spacial score (nSPS) is 20.3. The van der Waals surface area contributed by atoms with Crippen molar-refractivity contribution >= 4 is 22.7 Å². The third kappa shape index (κ3) is 2.65. The highest BCUT2D eigenvalue weighted by atomic mass is 19.4. The first kappa shape index (κ1) is 16.5. The number of benzene rings is 1. The van der Waals surface area contributed by atoms with Crippen LogP contribution in [0.4, 0.5) is 13.2 Å². The van der Waals surface area contributed by atoms with E-state index in [9.17, 15) is 22.8 Å². The zero-order valence-corrected chi connectivity index (χ0v) is 13.1. The quantitative estimate of drug-likeness (QED) is 0.856. The molecule has 24 heavy (non-hydrogen) atoms. The molecule has 0 spiro atoms. The highest BCUT2D eigenvalue weighted by molar-refractivity contribution is 6.02. The van der Waals surface area contributed by atoms with Crippen LogP contribution in [0.5, 0.6) is 0 Å². The number of para-hydroxylation sites is 1. The smallest absolute Gasteiger partial charge is 0.296 e. The van der Waals surface area contributed by atoms with Crippen molar-refractivity contribution in [1.29, 1.82) is 0 Å². The Kier molecular flexibility index (Phi) is 3.85. The van der Waals surface area contributed by atoms with Crippen LogP contribution in [0.25, 0.3) is 10.9 Å². The Morgan fingerprint density at radius 3 is 2.67 bits per heavy atom. The number of nitrogens with zero attached hydrogens (tertiary/aromatic N) is 2. The molecule has 5 nitrogen and oxygen atoms in total. The number of carbonyl (C=O) groups excluding carboxylic acids is 2. The molecule has 1 fully saturated rings. The lowest BCUT2D eigenvalue weighted by atomic mass is 9.92. The highest BCUT2D eigenvalue weighted by Crippen LogP contribution is 2.37. The van der Waals surface area contributed by atoms with E-state index in [-0.39, 0.29) is 24.4 Å². The Bertz CT molecular complexity index is 826. The summed E-state index contributed by atoms with van der Waals surface area (Å²) in [5.41, 5.74) is 1.30. The summed E-state index contributed by atoms with van der Waals surface area (Å²) in [6.45, 7) is 2.74. The molecule has 0 aliphatic carbocycles. The molecule has 3 rings (SSSR count). The number of carbonyl (C=O) groups is 2. The van der Waals surface area contributed by atoms with E-state index >= 15 is 0 Å². The molecule has 2 aromatic rings. The van der Waals surface area contributed by atoms with E-state index in [1.807, 2.05) is 0 Å². The highest BCUT2D eigenvalue weighted by Gasteiger charge is 2.40. The van der Waals surface area contributed by atoms with Crippen LogP contribution in [0.3, 0.4) is 0 Å². The lowest BCUT2D eigenvalue weighted by Crippen LogP contribution is -2.39. The van der Waals surface area contributed by atoms with Crippen molar-refractivity contribution in [3.05, 3.63) is 29.5 Å². The summed E-state index contributed by atoms with van der Waals surface area (Å²) in [6, 6.07) is 3.27. The van der Waals surface area contributed by atoms with Gasteiger partial charge in [-0.05, 0) is 25.8 Å². The van der Waals surface area contributed by atoms with Crippen molar-refractivity contribution in [2.75, 3.05) is 0 Å². The maximum Gasteiger partial charge on any atom is 0.410 e. The van der Waals surface area contributed by atoms with Crippen LogP contribution in [0.1, 0.15) is 43.0 Å². The van der Waals surface area contributed by atoms with Gasteiger partial charge >= 0.3 is 6.18 Å². The molecule has 1 N–H and O–H groups in total. The summed E-state index contributed by atoms with van der Waals surface area (Å²) >= 11 is 0. The molecular weight excluding hydrogens is 323 g/mol. The Morgan fingerprint density at radius 2 is 2.04 bits per heavy atom. The number of amides is 2. The summed E-state index contributed by atoms with van der Waals surface area (Å²) < 4.78 is 40.5. The summed E-state index contributed by atoms with van der Waals surface area (Å²) in [5.74, 6) is -1.62. The summed E-state index contributed by atoms with van der Waals surface area (Å²) in [5, 5.41) is 6.88. The van der Waals surface area contributed by atoms with Gasteiger partial charge in [-0.25, -0.2) is 0 Å². The second kappa shape index (κ2) is 5.61. The number of rotatable bonds is 2. The first-order valence-corrected chi connectivity index (χ1v) is 7.58. The molecule has 1 aromatic heterocycles. The average Bonchev–Trinajstić information content (AvgIpc) is 2.86. The molecule has 2 amide bonds. The molecule has 2 atom stereocenters. The van der Waals surface area contributed by atoms with Gasteiger partial charge < -0.3 is 0 Å². The van der Waals surface area contributed by atoms with Gasteiger partial charge in [0.1, 0.15) is 6.04 Å². The largest absolute Gasteiger partial charge is 0.410 e. The predicted octanol–water partition coefficient (Wildman–Crippen LogP) is 2.99. The second-order valence-electron chi connectivity index (χ2n) is 6.02. The number of fused-ring (bicyclic) bond motifs is 1. The molecule has 128 valence electrons. The monoisotopic (exact) mass is 339 g/mol. The van der Waals surface area contributed by atoms with Gasteiger partial charge in [0.25, 0.3) is 0 Å². The first-order valence-electron chi connectivity index (χ1n) is 7.58. The van der Waals surface area contributed by atoms with E-state index in [2.05, 4.69) is 10.4 Å². The van der Waals surface area contributed by atoms with Crippen molar-refractivity contribution in [3.8, 4) is 0 Å². The molecule has 2 heterocycles. The van der Waals surface area contributed by atoms with Crippen LogP contribution in [0.2, 0.25) is 0 Å². The molecule has 8 heteroatoms. The zero-order valence-electron chi connectivity index (χ0n) is 13.1. The molecule has 0 bridgehead atoms. The van der Waals surface area contributed by atoms with Crippen molar-refractivity contribution in [2.45, 2.75) is 44.8 Å². The van der Waals surface area contributed by atoms with Crippen molar-refractivity contribution in [2.24, 2.45) is 0 Å². The van der Waals surface area contributed by atoms with Gasteiger partial charge in [0, 0.05) is 11.8 Å². The van der Waals surface area contributed by atoms with Gasteiger partial charge in [0.05, 0.1) is 17.1 Å². The van der Waals surface area contributed by atoms with E-state index in [4.69, 9.17) is 0 Å². The van der Waals surface area contributed by atoms with Crippen LogP contribution in [-0.2, 0) is 9.59 Å². The predicted molar refractivity (Wildman–Crippen MR) is 80.4 cm³/mol. The van der Waals surface area contributed by atoms with Gasteiger partial charge in [-0.1, -0.05) is 18.2 Å². The minimum Gasteiger partial charge on any atom is -0.296 e. The standard InChI is InChI=1S/C16H16F3N3O2/c1-8-4-3-5-10-13(11-6-7-12(23)20-15(11)24)21-22(14(8)10)9(2)16(17,18)19/h3-5,9,11H,6-7H2,1-2H3,(H,20,23,24). The zero-order chi connectivity index (χ0) is 17.6. The number of hydrogen-bond acceptors (Lipinski definition) is 3. The van der Waals surface area contributed by atoms with E-state index in [0.29, 0.717) is 16.5 Å². The maximum absolute atomic E-state index is 13.2.